The van der Waals surface area contributed by atoms with Gasteiger partial charge < -0.3 is 19.5 Å². The molecular formula is C23H33NO6. The predicted molar refractivity (Wildman–Crippen MR) is 112 cm³/mol. The zero-order valence-electron chi connectivity index (χ0n) is 18.4. The minimum Gasteiger partial charge on any atom is -0.465 e. The monoisotopic (exact) mass is 419 g/mol. The Morgan fingerprint density at radius 2 is 1.80 bits per heavy atom. The van der Waals surface area contributed by atoms with Crippen LogP contribution in [0.5, 0.6) is 0 Å². The fourth-order valence-corrected chi connectivity index (χ4v) is 3.41. The Labute approximate surface area is 178 Å². The van der Waals surface area contributed by atoms with Crippen molar-refractivity contribution in [3.05, 3.63) is 35.4 Å². The standard InChI is InChI=1S/C23H33NO6/c1-5-17-10-12-19(13-11-17)21(26)24-20(16(2)25)9-7-6-8-18-14-29-23(3,30-15-18)22(27)28-4/h10-13,18,20H,5-9,14-15H2,1-4H3,(H,24,26)/t18-,20?,23+. The van der Waals surface area contributed by atoms with Gasteiger partial charge in [0.2, 0.25) is 0 Å². The van der Waals surface area contributed by atoms with Gasteiger partial charge in [-0.25, -0.2) is 4.79 Å². The average Bonchev–Trinajstić information content (AvgIpc) is 2.76. The van der Waals surface area contributed by atoms with E-state index in [1.165, 1.54) is 14.0 Å². The Kier molecular flexibility index (Phi) is 8.99. The molecule has 1 aliphatic heterocycles. The molecule has 0 bridgehead atoms. The summed E-state index contributed by atoms with van der Waals surface area (Å²) in [4.78, 5) is 36.1. The van der Waals surface area contributed by atoms with Crippen LogP contribution in [-0.2, 0) is 30.2 Å². The minimum absolute atomic E-state index is 0.0493. The highest BCUT2D eigenvalue weighted by Gasteiger charge is 2.41. The first-order chi connectivity index (χ1) is 14.3. The Morgan fingerprint density at radius 3 is 2.33 bits per heavy atom. The highest BCUT2D eigenvalue weighted by molar-refractivity contribution is 5.97. The third-order valence-electron chi connectivity index (χ3n) is 5.52. The number of carbonyl (C=O) groups is 3. The largest absolute Gasteiger partial charge is 0.465 e. The number of rotatable bonds is 10. The summed E-state index contributed by atoms with van der Waals surface area (Å²) < 4.78 is 15.8. The van der Waals surface area contributed by atoms with Crippen LogP contribution in [0.25, 0.3) is 0 Å². The number of aryl methyl sites for hydroxylation is 1. The number of benzene rings is 1. The van der Waals surface area contributed by atoms with Gasteiger partial charge in [0.15, 0.2) is 5.78 Å². The summed E-state index contributed by atoms with van der Waals surface area (Å²) in [5.74, 6) is -1.96. The number of ether oxygens (including phenoxy) is 3. The molecule has 2 rings (SSSR count). The molecule has 1 atom stereocenters. The normalized spacial score (nSPS) is 22.2. The van der Waals surface area contributed by atoms with Gasteiger partial charge in [0.1, 0.15) is 0 Å². The molecule has 30 heavy (non-hydrogen) atoms. The van der Waals surface area contributed by atoms with Crippen LogP contribution in [0.2, 0.25) is 0 Å². The fraction of sp³-hybridized carbons (Fsp3) is 0.609. The lowest BCUT2D eigenvalue weighted by Crippen LogP contribution is -2.48. The second kappa shape index (κ2) is 11.2. The molecule has 0 radical (unpaired) electrons. The zero-order valence-corrected chi connectivity index (χ0v) is 18.4. The topological polar surface area (TPSA) is 90.9 Å². The summed E-state index contributed by atoms with van der Waals surface area (Å²) in [6.07, 6.45) is 4.02. The summed E-state index contributed by atoms with van der Waals surface area (Å²) in [7, 11) is 1.30. The van der Waals surface area contributed by atoms with Gasteiger partial charge in [-0.3, -0.25) is 9.59 Å². The van der Waals surface area contributed by atoms with E-state index in [4.69, 9.17) is 14.2 Å². The quantitative estimate of drug-likeness (QED) is 0.463. The Balaban J connectivity index is 1.74. The number of carbonyl (C=O) groups excluding carboxylic acids is 3. The molecule has 0 saturated carbocycles. The molecule has 1 saturated heterocycles. The average molecular weight is 420 g/mol. The number of esters is 1. The summed E-state index contributed by atoms with van der Waals surface area (Å²) >= 11 is 0. The summed E-state index contributed by atoms with van der Waals surface area (Å²) in [5.41, 5.74) is 1.72. The molecule has 0 aromatic heterocycles. The van der Waals surface area contributed by atoms with E-state index in [0.717, 1.165) is 31.2 Å². The Morgan fingerprint density at radius 1 is 1.17 bits per heavy atom. The van der Waals surface area contributed by atoms with Gasteiger partial charge in [-0.15, -0.1) is 0 Å². The SMILES string of the molecule is CCc1ccc(C(=O)NC(CCCC[C@H]2CO[C@@](C)(C(=O)OC)OC2)C(C)=O)cc1. The van der Waals surface area contributed by atoms with E-state index >= 15 is 0 Å². The molecular weight excluding hydrogens is 386 g/mol. The van der Waals surface area contributed by atoms with E-state index < -0.39 is 17.8 Å². The van der Waals surface area contributed by atoms with Gasteiger partial charge in [-0.1, -0.05) is 31.9 Å². The number of Topliss-reactive ketones (excluding diaryl/α,β-unsaturated/α-hetero) is 1. The molecule has 0 spiro atoms. The second-order valence-corrected chi connectivity index (χ2v) is 7.90. The zero-order chi connectivity index (χ0) is 22.1. The third kappa shape index (κ3) is 6.64. The maximum atomic E-state index is 12.4. The number of amides is 1. The van der Waals surface area contributed by atoms with Crippen molar-refractivity contribution in [2.75, 3.05) is 20.3 Å². The van der Waals surface area contributed by atoms with E-state index in [0.29, 0.717) is 25.2 Å². The lowest BCUT2D eigenvalue weighted by Gasteiger charge is -2.35. The molecule has 0 aliphatic carbocycles. The third-order valence-corrected chi connectivity index (χ3v) is 5.52. The Hall–Kier alpha value is -2.25. The molecule has 7 nitrogen and oxygen atoms in total. The molecule has 1 amide bonds. The van der Waals surface area contributed by atoms with Gasteiger partial charge in [0.25, 0.3) is 11.7 Å². The highest BCUT2D eigenvalue weighted by Crippen LogP contribution is 2.25. The van der Waals surface area contributed by atoms with Crippen molar-refractivity contribution in [1.29, 1.82) is 0 Å². The molecule has 1 N–H and O–H groups in total. The lowest BCUT2D eigenvalue weighted by atomic mass is 9.98. The van der Waals surface area contributed by atoms with Crippen LogP contribution in [0.15, 0.2) is 24.3 Å². The molecule has 1 aromatic carbocycles. The number of methoxy groups -OCH3 is 1. The first-order valence-electron chi connectivity index (χ1n) is 10.6. The molecule has 1 aromatic rings. The van der Waals surface area contributed by atoms with Crippen molar-refractivity contribution < 1.29 is 28.6 Å². The van der Waals surface area contributed by atoms with E-state index in [2.05, 4.69) is 12.2 Å². The van der Waals surface area contributed by atoms with Crippen molar-refractivity contribution in [2.24, 2.45) is 5.92 Å². The molecule has 7 heteroatoms. The molecule has 1 aliphatic rings. The van der Waals surface area contributed by atoms with Crippen LogP contribution in [0.1, 0.15) is 62.4 Å². The van der Waals surface area contributed by atoms with Crippen molar-refractivity contribution in [1.82, 2.24) is 5.32 Å². The summed E-state index contributed by atoms with van der Waals surface area (Å²) in [6, 6.07) is 6.94. The van der Waals surface area contributed by atoms with Gasteiger partial charge in [0, 0.05) is 18.4 Å². The highest BCUT2D eigenvalue weighted by atomic mass is 16.7. The van der Waals surface area contributed by atoms with Crippen LogP contribution in [-0.4, -0.2) is 49.8 Å². The van der Waals surface area contributed by atoms with E-state index in [1.807, 2.05) is 12.1 Å². The fourth-order valence-electron chi connectivity index (χ4n) is 3.41. The first-order valence-corrected chi connectivity index (χ1v) is 10.6. The van der Waals surface area contributed by atoms with Gasteiger partial charge in [-0.05, 0) is 43.9 Å². The van der Waals surface area contributed by atoms with Crippen LogP contribution in [0.4, 0.5) is 0 Å². The van der Waals surface area contributed by atoms with Crippen LogP contribution < -0.4 is 5.32 Å². The molecule has 166 valence electrons. The number of nitrogens with one attached hydrogen (secondary N) is 1. The van der Waals surface area contributed by atoms with Crippen LogP contribution in [0.3, 0.4) is 0 Å². The van der Waals surface area contributed by atoms with Crippen LogP contribution >= 0.6 is 0 Å². The van der Waals surface area contributed by atoms with E-state index in [1.54, 1.807) is 19.1 Å². The Bertz CT molecular complexity index is 722. The van der Waals surface area contributed by atoms with Crippen LogP contribution in [0, 0.1) is 5.92 Å². The summed E-state index contributed by atoms with van der Waals surface area (Å²) in [5, 5.41) is 2.85. The van der Waals surface area contributed by atoms with Crippen molar-refractivity contribution in [3.8, 4) is 0 Å². The second-order valence-electron chi connectivity index (χ2n) is 7.90. The van der Waals surface area contributed by atoms with Crippen molar-refractivity contribution >= 4 is 17.7 Å². The number of unbranched alkanes of at least 4 members (excludes halogenated alkanes) is 1. The van der Waals surface area contributed by atoms with Crippen molar-refractivity contribution in [3.63, 3.8) is 0 Å². The molecule has 1 unspecified atom stereocenters. The smallest absolute Gasteiger partial charge is 0.366 e. The maximum Gasteiger partial charge on any atom is 0.366 e. The lowest BCUT2D eigenvalue weighted by molar-refractivity contribution is -0.272. The van der Waals surface area contributed by atoms with E-state index in [-0.39, 0.29) is 17.6 Å². The number of ketones is 1. The van der Waals surface area contributed by atoms with E-state index in [9.17, 15) is 14.4 Å². The number of hydrogen-bond donors (Lipinski definition) is 1. The van der Waals surface area contributed by atoms with Gasteiger partial charge in [0.05, 0.1) is 26.4 Å². The minimum atomic E-state index is -1.33. The van der Waals surface area contributed by atoms with Gasteiger partial charge in [-0.2, -0.15) is 0 Å². The predicted octanol–water partition coefficient (Wildman–Crippen LogP) is 3.05. The maximum absolute atomic E-state index is 12.4. The summed E-state index contributed by atoms with van der Waals surface area (Å²) in [6.45, 7) is 5.97. The first kappa shape index (κ1) is 24.0. The number of hydrogen-bond acceptors (Lipinski definition) is 6. The molecule has 1 heterocycles. The molecule has 1 fully saturated rings. The van der Waals surface area contributed by atoms with Gasteiger partial charge >= 0.3 is 5.97 Å². The van der Waals surface area contributed by atoms with Crippen molar-refractivity contribution in [2.45, 2.75) is 64.7 Å².